The molecule has 214 valence electrons. The lowest BCUT2D eigenvalue weighted by Gasteiger charge is -2.20. The maximum atomic E-state index is 6.15. The van der Waals surface area contributed by atoms with Crippen molar-refractivity contribution in [3.63, 3.8) is 0 Å². The van der Waals surface area contributed by atoms with E-state index in [-0.39, 0.29) is 5.41 Å². The Morgan fingerprint density at radius 2 is 0.886 bits per heavy atom. The van der Waals surface area contributed by atoms with Crippen molar-refractivity contribution in [1.82, 2.24) is 40.3 Å². The Labute approximate surface area is 253 Å². The monoisotopic (exact) mass is 578 g/mol. The first-order valence-electron chi connectivity index (χ1n) is 14.0. The maximum Gasteiger partial charge on any atom is 0.266 e. The molecule has 0 amide bonds. The van der Waals surface area contributed by atoms with Gasteiger partial charge < -0.3 is 8.83 Å². The number of pyridine rings is 4. The molecule has 0 unspecified atom stereocenters. The topological polar surface area (TPSA) is 129 Å². The van der Waals surface area contributed by atoms with Crippen LogP contribution in [0.3, 0.4) is 0 Å². The van der Waals surface area contributed by atoms with Gasteiger partial charge in [0.1, 0.15) is 11.4 Å². The largest absolute Gasteiger partial charge is 0.415 e. The zero-order valence-corrected chi connectivity index (χ0v) is 24.2. The zero-order chi connectivity index (χ0) is 30.1. The van der Waals surface area contributed by atoms with Gasteiger partial charge >= 0.3 is 0 Å². The van der Waals surface area contributed by atoms with Crippen LogP contribution in [0.15, 0.2) is 112 Å². The Morgan fingerprint density at radius 3 is 1.32 bits per heavy atom. The molecule has 6 aromatic heterocycles. The lowest BCUT2D eigenvalue weighted by molar-refractivity contribution is 0.574. The highest BCUT2D eigenvalue weighted by Crippen LogP contribution is 2.34. The Hall–Kier alpha value is -5.90. The Bertz CT molecular complexity index is 1930. The van der Waals surface area contributed by atoms with E-state index in [0.29, 0.717) is 46.3 Å². The molecule has 0 fully saturated rings. The van der Waals surface area contributed by atoms with Crippen molar-refractivity contribution in [2.24, 2.45) is 0 Å². The highest BCUT2D eigenvalue weighted by molar-refractivity contribution is 5.68. The van der Waals surface area contributed by atoms with E-state index in [9.17, 15) is 0 Å². The third-order valence-corrected chi connectivity index (χ3v) is 6.93. The fourth-order valence-corrected chi connectivity index (χ4v) is 4.62. The molecular formula is C34H26N8O2. The maximum absolute atomic E-state index is 6.15. The summed E-state index contributed by atoms with van der Waals surface area (Å²) in [5.41, 5.74) is 6.36. The van der Waals surface area contributed by atoms with E-state index in [4.69, 9.17) is 18.8 Å². The van der Waals surface area contributed by atoms with Crippen LogP contribution in [0.5, 0.6) is 0 Å². The van der Waals surface area contributed by atoms with Gasteiger partial charge in [0.2, 0.25) is 11.8 Å². The normalized spacial score (nSPS) is 11.5. The van der Waals surface area contributed by atoms with Crippen LogP contribution in [-0.2, 0) is 5.41 Å². The summed E-state index contributed by atoms with van der Waals surface area (Å²) in [5.74, 6) is 1.31. The fraction of sp³-hybridized carbons (Fsp3) is 0.118. The quantitative estimate of drug-likeness (QED) is 0.198. The van der Waals surface area contributed by atoms with Crippen molar-refractivity contribution in [3.05, 3.63) is 109 Å². The SMILES string of the molecule is CC(C)(C)c1cc(-c2nnc(-c3cccc(-c4ccccn4)n3)o2)cc(-c2nnc(-c3cccc(-c4ccccn4)n3)o2)c1. The minimum absolute atomic E-state index is 0.187. The summed E-state index contributed by atoms with van der Waals surface area (Å²) in [4.78, 5) is 18.2. The molecule has 0 atom stereocenters. The lowest BCUT2D eigenvalue weighted by Crippen LogP contribution is -2.11. The predicted octanol–water partition coefficient (Wildman–Crippen LogP) is 7.33. The molecule has 7 rings (SSSR count). The summed E-state index contributed by atoms with van der Waals surface area (Å²) >= 11 is 0. The third kappa shape index (κ3) is 5.48. The van der Waals surface area contributed by atoms with Crippen molar-refractivity contribution in [1.29, 1.82) is 0 Å². The predicted molar refractivity (Wildman–Crippen MR) is 165 cm³/mol. The van der Waals surface area contributed by atoms with E-state index in [0.717, 1.165) is 28.1 Å². The Balaban J connectivity index is 1.23. The van der Waals surface area contributed by atoms with Gasteiger partial charge in [0.25, 0.3) is 11.8 Å². The summed E-state index contributed by atoms with van der Waals surface area (Å²) in [6, 6.07) is 28.6. The smallest absolute Gasteiger partial charge is 0.266 e. The summed E-state index contributed by atoms with van der Waals surface area (Å²) in [6.07, 6.45) is 3.47. The van der Waals surface area contributed by atoms with Crippen LogP contribution in [0, 0.1) is 0 Å². The van der Waals surface area contributed by atoms with Gasteiger partial charge in [-0.1, -0.05) is 45.0 Å². The van der Waals surface area contributed by atoms with Gasteiger partial charge in [-0.15, -0.1) is 20.4 Å². The molecule has 0 bridgehead atoms. The van der Waals surface area contributed by atoms with E-state index in [1.54, 1.807) is 12.4 Å². The van der Waals surface area contributed by atoms with Crippen LogP contribution in [-0.4, -0.2) is 40.3 Å². The molecule has 1 aromatic carbocycles. The minimum atomic E-state index is -0.187. The van der Waals surface area contributed by atoms with E-state index < -0.39 is 0 Å². The number of hydrogen-bond donors (Lipinski definition) is 0. The van der Waals surface area contributed by atoms with E-state index in [1.165, 1.54) is 0 Å². The molecule has 0 spiro atoms. The molecular weight excluding hydrogens is 552 g/mol. The molecule has 0 N–H and O–H groups in total. The molecule has 0 saturated heterocycles. The number of aromatic nitrogens is 8. The molecule has 10 nitrogen and oxygen atoms in total. The summed E-state index contributed by atoms with van der Waals surface area (Å²) in [7, 11) is 0. The van der Waals surface area contributed by atoms with Crippen molar-refractivity contribution in [3.8, 4) is 68.9 Å². The van der Waals surface area contributed by atoms with Gasteiger partial charge in [0.05, 0.1) is 22.8 Å². The van der Waals surface area contributed by atoms with E-state index >= 15 is 0 Å². The highest BCUT2D eigenvalue weighted by Gasteiger charge is 2.22. The fourth-order valence-electron chi connectivity index (χ4n) is 4.62. The average molecular weight is 579 g/mol. The van der Waals surface area contributed by atoms with E-state index in [1.807, 2.05) is 91.0 Å². The molecule has 0 aliphatic carbocycles. The molecule has 0 aliphatic heterocycles. The number of nitrogens with zero attached hydrogens (tertiary/aromatic N) is 8. The van der Waals surface area contributed by atoms with Crippen LogP contribution >= 0.6 is 0 Å². The second kappa shape index (κ2) is 11.1. The molecule has 0 saturated carbocycles. The van der Waals surface area contributed by atoms with Crippen molar-refractivity contribution in [2.45, 2.75) is 26.2 Å². The number of hydrogen-bond acceptors (Lipinski definition) is 10. The molecule has 10 heteroatoms. The standard InChI is InChI=1S/C34H26N8O2/c1-34(2,3)23-19-21(30-39-41-32(43-30)28-14-8-12-26(37-28)24-10-4-6-16-35-24)18-22(20-23)31-40-42-33(44-31)29-15-9-13-27(38-29)25-11-5-7-17-36-25/h4-20H,1-3H3. The number of rotatable bonds is 6. The first-order chi connectivity index (χ1) is 21.4. The highest BCUT2D eigenvalue weighted by atomic mass is 16.4. The second-order valence-corrected chi connectivity index (χ2v) is 11.1. The van der Waals surface area contributed by atoms with Crippen molar-refractivity contribution < 1.29 is 8.83 Å². The third-order valence-electron chi connectivity index (χ3n) is 6.93. The molecule has 0 aliphatic rings. The molecule has 0 radical (unpaired) electrons. The summed E-state index contributed by atoms with van der Waals surface area (Å²) in [5, 5.41) is 17.3. The van der Waals surface area contributed by atoms with Gasteiger partial charge in [0.15, 0.2) is 0 Å². The van der Waals surface area contributed by atoms with Gasteiger partial charge in [-0.25, -0.2) is 9.97 Å². The Morgan fingerprint density at radius 1 is 0.455 bits per heavy atom. The van der Waals surface area contributed by atoms with Crippen molar-refractivity contribution in [2.75, 3.05) is 0 Å². The van der Waals surface area contributed by atoms with Crippen LogP contribution in [0.25, 0.3) is 68.9 Å². The van der Waals surface area contributed by atoms with E-state index in [2.05, 4.69) is 51.1 Å². The first-order valence-corrected chi connectivity index (χ1v) is 14.0. The second-order valence-electron chi connectivity index (χ2n) is 11.1. The average Bonchev–Trinajstić information content (AvgIpc) is 3.77. The van der Waals surface area contributed by atoms with Gasteiger partial charge in [-0.3, -0.25) is 9.97 Å². The van der Waals surface area contributed by atoms with Crippen molar-refractivity contribution >= 4 is 0 Å². The minimum Gasteiger partial charge on any atom is -0.415 e. The molecule has 6 heterocycles. The lowest BCUT2D eigenvalue weighted by atomic mass is 9.85. The van der Waals surface area contributed by atoms with Gasteiger partial charge in [0, 0.05) is 23.5 Å². The van der Waals surface area contributed by atoms with Crippen LogP contribution < -0.4 is 0 Å². The molecule has 44 heavy (non-hydrogen) atoms. The first kappa shape index (κ1) is 27.0. The van der Waals surface area contributed by atoms with Gasteiger partial charge in [-0.2, -0.15) is 0 Å². The number of benzene rings is 1. The van der Waals surface area contributed by atoms with Crippen LogP contribution in [0.2, 0.25) is 0 Å². The zero-order valence-electron chi connectivity index (χ0n) is 24.2. The van der Waals surface area contributed by atoms with Crippen LogP contribution in [0.1, 0.15) is 26.3 Å². The summed E-state index contributed by atoms with van der Waals surface area (Å²) in [6.45, 7) is 6.40. The summed E-state index contributed by atoms with van der Waals surface area (Å²) < 4.78 is 12.3. The van der Waals surface area contributed by atoms with Gasteiger partial charge in [-0.05, 0) is 77.7 Å². The van der Waals surface area contributed by atoms with Crippen LogP contribution in [0.4, 0.5) is 0 Å². The Kier molecular flexibility index (Phi) is 6.78. The molecule has 7 aromatic rings.